The Morgan fingerprint density at radius 1 is 1.18 bits per heavy atom. The molecule has 4 saturated carbocycles. The van der Waals surface area contributed by atoms with Gasteiger partial charge < -0.3 is 14.4 Å². The minimum Gasteiger partial charge on any atom is -0.387 e. The maximum absolute atomic E-state index is 13.4. The molecule has 4 aliphatic rings. The number of fused-ring (bicyclic) bond motifs is 5. The molecule has 4 aliphatic carbocycles. The predicted molar refractivity (Wildman–Crippen MR) is 124 cm³/mol. The Morgan fingerprint density at radius 2 is 1.97 bits per heavy atom. The largest absolute Gasteiger partial charge is 0.387 e. The Balaban J connectivity index is 1.31. The number of methoxy groups -OCH3 is 1. The van der Waals surface area contributed by atoms with E-state index >= 15 is 0 Å². The molecule has 0 aliphatic heterocycles. The molecule has 6 nitrogen and oxygen atoms in total. The molecule has 0 amide bonds. The van der Waals surface area contributed by atoms with Crippen molar-refractivity contribution in [1.82, 2.24) is 9.55 Å². The van der Waals surface area contributed by atoms with Crippen LogP contribution in [0.5, 0.6) is 0 Å². The number of rotatable bonds is 5. The van der Waals surface area contributed by atoms with Crippen LogP contribution in [0.1, 0.15) is 77.3 Å². The topological polar surface area (TPSA) is 88.1 Å². The van der Waals surface area contributed by atoms with Crippen molar-refractivity contribution in [3.05, 3.63) is 18.2 Å². The van der Waals surface area contributed by atoms with Gasteiger partial charge in [0.05, 0.1) is 25.1 Å². The standard InChI is InChI=1S/C27H39N3O3/c1-25-10-11-27(32,16-33-3)12-18(25)4-5-20-21-6-7-23(26(21,2)9-8-22(20)25)24(31)15-30-14-19(13-28)29-17-30/h14,17-18,20-23,32H,4-12,15-16H2,1-3H3/t18-,20-,21-,22-,23+,25-,26?,27+/m0/s1. The van der Waals surface area contributed by atoms with Gasteiger partial charge in [-0.1, -0.05) is 13.8 Å². The van der Waals surface area contributed by atoms with Gasteiger partial charge in [-0.05, 0) is 92.3 Å². The van der Waals surface area contributed by atoms with Gasteiger partial charge in [-0.2, -0.15) is 5.26 Å². The zero-order chi connectivity index (χ0) is 23.4. The number of nitriles is 1. The summed E-state index contributed by atoms with van der Waals surface area (Å²) in [5, 5.41) is 20.1. The third kappa shape index (κ3) is 3.67. The van der Waals surface area contributed by atoms with E-state index in [0.717, 1.165) is 38.5 Å². The number of hydrogen-bond donors (Lipinski definition) is 1. The number of carbonyl (C=O) groups is 1. The van der Waals surface area contributed by atoms with Crippen molar-refractivity contribution in [2.45, 2.75) is 83.8 Å². The molecule has 1 aromatic heterocycles. The minimum absolute atomic E-state index is 0.0888. The van der Waals surface area contributed by atoms with Crippen LogP contribution in [0.2, 0.25) is 0 Å². The first kappa shape index (κ1) is 23.1. The number of aliphatic hydroxyl groups is 1. The summed E-state index contributed by atoms with van der Waals surface area (Å²) >= 11 is 0. The summed E-state index contributed by atoms with van der Waals surface area (Å²) in [6, 6.07) is 2.05. The van der Waals surface area contributed by atoms with Gasteiger partial charge in [-0.25, -0.2) is 4.98 Å². The monoisotopic (exact) mass is 453 g/mol. The number of carbonyl (C=O) groups excluding carboxylic acids is 1. The molecule has 1 heterocycles. The summed E-state index contributed by atoms with van der Waals surface area (Å²) in [4.78, 5) is 17.4. The predicted octanol–water partition coefficient (Wildman–Crippen LogP) is 4.36. The van der Waals surface area contributed by atoms with Crippen molar-refractivity contribution in [3.8, 4) is 6.07 Å². The molecule has 0 radical (unpaired) electrons. The second-order valence-electron chi connectivity index (χ2n) is 12.2. The van der Waals surface area contributed by atoms with Gasteiger partial charge in [0.1, 0.15) is 6.07 Å². The highest BCUT2D eigenvalue weighted by atomic mass is 16.5. The minimum atomic E-state index is -0.654. The summed E-state index contributed by atoms with van der Waals surface area (Å²) in [6.07, 6.45) is 13.0. The molecular weight excluding hydrogens is 414 g/mol. The second kappa shape index (κ2) is 8.20. The quantitative estimate of drug-likeness (QED) is 0.716. The average molecular weight is 454 g/mol. The van der Waals surface area contributed by atoms with E-state index < -0.39 is 5.60 Å². The van der Waals surface area contributed by atoms with Gasteiger partial charge in [0.2, 0.25) is 0 Å². The van der Waals surface area contributed by atoms with Crippen molar-refractivity contribution < 1.29 is 14.6 Å². The van der Waals surface area contributed by atoms with E-state index in [1.807, 2.05) is 6.07 Å². The van der Waals surface area contributed by atoms with E-state index in [9.17, 15) is 9.90 Å². The first-order valence-corrected chi connectivity index (χ1v) is 12.9. The van der Waals surface area contributed by atoms with Crippen molar-refractivity contribution >= 4 is 5.78 Å². The fourth-order valence-corrected chi connectivity index (χ4v) is 9.05. The van der Waals surface area contributed by atoms with Gasteiger partial charge in [-0.15, -0.1) is 0 Å². The SMILES string of the molecule is COC[C@@]1(O)CC[C@@]2(C)[C@@H](CC[C@H]3[C@@H]4CC[C@H](C(=O)Cn5cnc(C#N)c5)C4(C)CC[C@@H]32)C1. The molecule has 1 aromatic rings. The Morgan fingerprint density at radius 3 is 2.70 bits per heavy atom. The third-order valence-corrected chi connectivity index (χ3v) is 10.7. The fraction of sp³-hybridized carbons (Fsp3) is 0.815. The summed E-state index contributed by atoms with van der Waals surface area (Å²) < 4.78 is 7.13. The zero-order valence-corrected chi connectivity index (χ0v) is 20.4. The molecule has 0 saturated heterocycles. The smallest absolute Gasteiger partial charge is 0.158 e. The van der Waals surface area contributed by atoms with E-state index in [4.69, 9.17) is 10.00 Å². The van der Waals surface area contributed by atoms with Crippen molar-refractivity contribution in [2.75, 3.05) is 13.7 Å². The van der Waals surface area contributed by atoms with Crippen LogP contribution in [0, 0.1) is 51.8 Å². The molecule has 1 N–H and O–H groups in total. The number of imidazole rings is 1. The Labute approximate surface area is 197 Å². The van der Waals surface area contributed by atoms with Crippen LogP contribution in [0.3, 0.4) is 0 Å². The van der Waals surface area contributed by atoms with E-state index in [1.54, 1.807) is 24.2 Å². The molecule has 5 rings (SSSR count). The first-order valence-electron chi connectivity index (χ1n) is 12.9. The summed E-state index contributed by atoms with van der Waals surface area (Å²) in [5.41, 5.74) is 0.106. The third-order valence-electron chi connectivity index (χ3n) is 10.7. The molecule has 6 heteroatoms. The summed E-state index contributed by atoms with van der Waals surface area (Å²) in [6.45, 7) is 5.68. The lowest BCUT2D eigenvalue weighted by Gasteiger charge is -2.62. The maximum Gasteiger partial charge on any atom is 0.158 e. The molecule has 1 unspecified atom stereocenters. The van der Waals surface area contributed by atoms with Crippen LogP contribution < -0.4 is 0 Å². The van der Waals surface area contributed by atoms with Crippen LogP contribution in [-0.2, 0) is 16.1 Å². The van der Waals surface area contributed by atoms with Crippen molar-refractivity contribution in [1.29, 1.82) is 5.26 Å². The number of hydrogen-bond acceptors (Lipinski definition) is 5. The first-order chi connectivity index (χ1) is 15.7. The van der Waals surface area contributed by atoms with Crippen molar-refractivity contribution in [2.24, 2.45) is 40.4 Å². The lowest BCUT2D eigenvalue weighted by molar-refractivity contribution is -0.164. The molecule has 0 spiro atoms. The number of ketones is 1. The highest BCUT2D eigenvalue weighted by Gasteiger charge is 2.62. The molecule has 4 fully saturated rings. The van der Waals surface area contributed by atoms with Gasteiger partial charge in [0, 0.05) is 19.2 Å². The molecule has 0 aromatic carbocycles. The van der Waals surface area contributed by atoms with Crippen LogP contribution in [0.4, 0.5) is 0 Å². The van der Waals surface area contributed by atoms with Crippen LogP contribution >= 0.6 is 0 Å². The van der Waals surface area contributed by atoms with Gasteiger partial charge in [0.15, 0.2) is 11.5 Å². The summed E-state index contributed by atoms with van der Waals surface area (Å²) in [5.74, 6) is 3.03. The summed E-state index contributed by atoms with van der Waals surface area (Å²) in [7, 11) is 1.69. The van der Waals surface area contributed by atoms with Crippen LogP contribution in [0.25, 0.3) is 0 Å². The maximum atomic E-state index is 13.4. The molecule has 33 heavy (non-hydrogen) atoms. The zero-order valence-electron chi connectivity index (χ0n) is 20.4. The Kier molecular flexibility index (Phi) is 5.73. The van der Waals surface area contributed by atoms with E-state index in [-0.39, 0.29) is 11.3 Å². The number of nitrogens with zero attached hydrogens (tertiary/aromatic N) is 3. The Bertz CT molecular complexity index is 953. The fourth-order valence-electron chi connectivity index (χ4n) is 9.05. The van der Waals surface area contributed by atoms with Crippen LogP contribution in [-0.4, -0.2) is 39.8 Å². The van der Waals surface area contributed by atoms with E-state index in [0.29, 0.717) is 53.7 Å². The highest BCUT2D eigenvalue weighted by Crippen LogP contribution is 2.68. The lowest BCUT2D eigenvalue weighted by atomic mass is 9.44. The van der Waals surface area contributed by atoms with Crippen LogP contribution in [0.15, 0.2) is 12.5 Å². The number of ether oxygens (including phenoxy) is 1. The second-order valence-corrected chi connectivity index (χ2v) is 12.2. The van der Waals surface area contributed by atoms with Gasteiger partial charge in [-0.3, -0.25) is 4.79 Å². The lowest BCUT2D eigenvalue weighted by Crippen LogP contribution is -2.56. The normalized spacial score (nSPS) is 44.4. The number of aromatic nitrogens is 2. The van der Waals surface area contributed by atoms with Gasteiger partial charge >= 0.3 is 0 Å². The van der Waals surface area contributed by atoms with Crippen molar-refractivity contribution in [3.63, 3.8) is 0 Å². The van der Waals surface area contributed by atoms with E-state index in [2.05, 4.69) is 18.8 Å². The van der Waals surface area contributed by atoms with Gasteiger partial charge in [0.25, 0.3) is 0 Å². The molecule has 8 atom stereocenters. The number of Topliss-reactive ketones (excluding diaryl/α,β-unsaturated/α-hetero) is 1. The molecule has 180 valence electrons. The molecular formula is C27H39N3O3. The highest BCUT2D eigenvalue weighted by molar-refractivity contribution is 5.82. The molecule has 0 bridgehead atoms. The van der Waals surface area contributed by atoms with E-state index in [1.165, 1.54) is 19.3 Å². The Hall–Kier alpha value is -1.71. The average Bonchev–Trinajstić information content (AvgIpc) is 3.38.